The maximum absolute atomic E-state index is 5.62. The second-order valence-corrected chi connectivity index (χ2v) is 2.32. The maximum atomic E-state index is 5.62. The monoisotopic (exact) mass is 153 g/mol. The second kappa shape index (κ2) is 3.30. The van der Waals surface area contributed by atoms with Gasteiger partial charge in [0.15, 0.2) is 0 Å². The van der Waals surface area contributed by atoms with Crippen molar-refractivity contribution in [3.63, 3.8) is 0 Å². The van der Waals surface area contributed by atoms with Gasteiger partial charge in [-0.25, -0.2) is 0 Å². The van der Waals surface area contributed by atoms with Gasteiger partial charge in [0, 0.05) is 7.11 Å². The molecule has 0 aliphatic rings. The van der Waals surface area contributed by atoms with E-state index < -0.39 is 0 Å². The molecule has 4 heteroatoms. The first-order valence-corrected chi connectivity index (χ1v) is 3.31. The molecule has 60 valence electrons. The fourth-order valence-electron chi connectivity index (χ4n) is 0.783. The molecule has 0 fully saturated rings. The summed E-state index contributed by atoms with van der Waals surface area (Å²) in [4.78, 5) is 0. The molecule has 0 aromatic carbocycles. The number of nitrogens with two attached hydrogens (primary N) is 1. The van der Waals surface area contributed by atoms with Crippen LogP contribution in [0.25, 0.3) is 0 Å². The summed E-state index contributed by atoms with van der Waals surface area (Å²) in [6.07, 6.45) is 0. The van der Waals surface area contributed by atoms with Crippen molar-refractivity contribution in [2.24, 2.45) is 0 Å². The summed E-state index contributed by atoms with van der Waals surface area (Å²) < 4.78 is 4.87. The first-order chi connectivity index (χ1) is 5.24. The molecule has 0 saturated heterocycles. The Morgan fingerprint density at radius 2 is 2.27 bits per heavy atom. The predicted molar refractivity (Wildman–Crippen MR) is 41.9 cm³/mol. The van der Waals surface area contributed by atoms with Crippen molar-refractivity contribution in [1.29, 1.82) is 0 Å². The third-order valence-electron chi connectivity index (χ3n) is 1.31. The van der Waals surface area contributed by atoms with Gasteiger partial charge < -0.3 is 10.5 Å². The van der Waals surface area contributed by atoms with Crippen LogP contribution in [0.3, 0.4) is 0 Å². The summed E-state index contributed by atoms with van der Waals surface area (Å²) >= 11 is 0. The number of hydrogen-bond acceptors (Lipinski definition) is 4. The summed E-state index contributed by atoms with van der Waals surface area (Å²) in [6.45, 7) is 2.26. The third kappa shape index (κ3) is 1.88. The van der Waals surface area contributed by atoms with Crippen LogP contribution in [0.4, 0.5) is 5.69 Å². The van der Waals surface area contributed by atoms with Crippen LogP contribution in [0.5, 0.6) is 0 Å². The van der Waals surface area contributed by atoms with Crippen molar-refractivity contribution in [2.75, 3.05) is 12.8 Å². The van der Waals surface area contributed by atoms with Crippen LogP contribution in [-0.4, -0.2) is 17.3 Å². The average molecular weight is 153 g/mol. The van der Waals surface area contributed by atoms with Crippen molar-refractivity contribution >= 4 is 5.69 Å². The zero-order valence-corrected chi connectivity index (χ0v) is 6.66. The number of nitrogen functional groups attached to an aromatic ring is 1. The Kier molecular flexibility index (Phi) is 2.38. The van der Waals surface area contributed by atoms with E-state index in [0.29, 0.717) is 18.0 Å². The molecular formula is C7H11N3O. The van der Waals surface area contributed by atoms with Gasteiger partial charge in [-0.2, -0.15) is 10.2 Å². The van der Waals surface area contributed by atoms with Gasteiger partial charge >= 0.3 is 0 Å². The summed E-state index contributed by atoms with van der Waals surface area (Å²) in [6, 6.07) is 1.78. The average Bonchev–Trinajstić information content (AvgIpc) is 1.95. The molecule has 11 heavy (non-hydrogen) atoms. The first kappa shape index (κ1) is 7.94. The van der Waals surface area contributed by atoms with Gasteiger partial charge in [0.2, 0.25) is 0 Å². The standard InChI is InChI=1S/C7H11N3O/c1-5-3-6(8)7(4-11-2)10-9-5/h3H,4H2,1-2H3,(H2,8,9). The molecule has 2 N–H and O–H groups in total. The van der Waals surface area contributed by atoms with E-state index in [2.05, 4.69) is 10.2 Å². The number of aromatic nitrogens is 2. The molecule has 0 bridgehead atoms. The number of rotatable bonds is 2. The zero-order chi connectivity index (χ0) is 8.27. The van der Waals surface area contributed by atoms with E-state index in [9.17, 15) is 0 Å². The molecule has 1 heterocycles. The number of hydrogen-bond donors (Lipinski definition) is 1. The van der Waals surface area contributed by atoms with Crippen LogP contribution in [0, 0.1) is 6.92 Å². The van der Waals surface area contributed by atoms with Gasteiger partial charge in [0.25, 0.3) is 0 Å². The van der Waals surface area contributed by atoms with E-state index in [1.165, 1.54) is 0 Å². The number of anilines is 1. The molecule has 1 rings (SSSR count). The molecule has 4 nitrogen and oxygen atoms in total. The SMILES string of the molecule is COCc1nnc(C)cc1N. The van der Waals surface area contributed by atoms with E-state index >= 15 is 0 Å². The first-order valence-electron chi connectivity index (χ1n) is 3.31. The van der Waals surface area contributed by atoms with E-state index in [1.54, 1.807) is 13.2 Å². The van der Waals surface area contributed by atoms with Crippen LogP contribution >= 0.6 is 0 Å². The predicted octanol–water partition coefficient (Wildman–Crippen LogP) is 0.514. The van der Waals surface area contributed by atoms with E-state index in [4.69, 9.17) is 10.5 Å². The van der Waals surface area contributed by atoms with E-state index in [1.807, 2.05) is 6.92 Å². The lowest BCUT2D eigenvalue weighted by Gasteiger charge is -2.01. The van der Waals surface area contributed by atoms with Crippen LogP contribution in [0.1, 0.15) is 11.4 Å². The van der Waals surface area contributed by atoms with Crippen LogP contribution in [0.15, 0.2) is 6.07 Å². The Bertz CT molecular complexity index is 249. The van der Waals surface area contributed by atoms with E-state index in [0.717, 1.165) is 5.69 Å². The summed E-state index contributed by atoms with van der Waals surface area (Å²) in [5, 5.41) is 7.72. The van der Waals surface area contributed by atoms with Crippen LogP contribution in [-0.2, 0) is 11.3 Å². The van der Waals surface area contributed by atoms with Gasteiger partial charge in [-0.15, -0.1) is 0 Å². The molecular weight excluding hydrogens is 142 g/mol. The molecule has 0 atom stereocenters. The molecule has 1 aromatic rings. The van der Waals surface area contributed by atoms with Gasteiger partial charge in [-0.05, 0) is 13.0 Å². The van der Waals surface area contributed by atoms with Gasteiger partial charge in [-0.3, -0.25) is 0 Å². The van der Waals surface area contributed by atoms with Gasteiger partial charge in [0.05, 0.1) is 18.0 Å². The van der Waals surface area contributed by atoms with Crippen LogP contribution < -0.4 is 5.73 Å². The summed E-state index contributed by atoms with van der Waals surface area (Å²) in [5.74, 6) is 0. The molecule has 0 amide bonds. The zero-order valence-electron chi connectivity index (χ0n) is 6.66. The fraction of sp³-hybridized carbons (Fsp3) is 0.429. The number of ether oxygens (including phenoxy) is 1. The molecule has 0 aliphatic carbocycles. The molecule has 0 aliphatic heterocycles. The Balaban J connectivity index is 2.90. The minimum atomic E-state index is 0.416. The lowest BCUT2D eigenvalue weighted by atomic mass is 10.3. The molecule has 0 unspecified atom stereocenters. The minimum absolute atomic E-state index is 0.416. The Hall–Kier alpha value is -1.16. The minimum Gasteiger partial charge on any atom is -0.397 e. The van der Waals surface area contributed by atoms with Crippen molar-refractivity contribution < 1.29 is 4.74 Å². The molecule has 0 spiro atoms. The third-order valence-corrected chi connectivity index (χ3v) is 1.31. The molecule has 1 aromatic heterocycles. The second-order valence-electron chi connectivity index (χ2n) is 2.32. The summed E-state index contributed by atoms with van der Waals surface area (Å²) in [5.41, 5.74) is 7.78. The van der Waals surface area contributed by atoms with Crippen molar-refractivity contribution in [2.45, 2.75) is 13.5 Å². The topological polar surface area (TPSA) is 61.0 Å². The smallest absolute Gasteiger partial charge is 0.112 e. The highest BCUT2D eigenvalue weighted by Gasteiger charge is 2.00. The summed E-state index contributed by atoms with van der Waals surface area (Å²) in [7, 11) is 1.60. The normalized spacial score (nSPS) is 10.0. The van der Waals surface area contributed by atoms with Crippen LogP contribution in [0.2, 0.25) is 0 Å². The molecule has 0 radical (unpaired) electrons. The maximum Gasteiger partial charge on any atom is 0.112 e. The Morgan fingerprint density at radius 3 is 2.82 bits per heavy atom. The lowest BCUT2D eigenvalue weighted by Crippen LogP contribution is -2.02. The highest BCUT2D eigenvalue weighted by molar-refractivity contribution is 5.42. The fourth-order valence-corrected chi connectivity index (χ4v) is 0.783. The highest BCUT2D eigenvalue weighted by atomic mass is 16.5. The Labute approximate surface area is 65.4 Å². The van der Waals surface area contributed by atoms with Crippen molar-refractivity contribution in [3.8, 4) is 0 Å². The number of nitrogens with zero attached hydrogens (tertiary/aromatic N) is 2. The van der Waals surface area contributed by atoms with Gasteiger partial charge in [-0.1, -0.05) is 0 Å². The number of methoxy groups -OCH3 is 1. The van der Waals surface area contributed by atoms with E-state index in [-0.39, 0.29) is 0 Å². The van der Waals surface area contributed by atoms with Crippen molar-refractivity contribution in [3.05, 3.63) is 17.5 Å². The van der Waals surface area contributed by atoms with Gasteiger partial charge in [0.1, 0.15) is 5.69 Å². The van der Waals surface area contributed by atoms with Crippen molar-refractivity contribution in [1.82, 2.24) is 10.2 Å². The highest BCUT2D eigenvalue weighted by Crippen LogP contribution is 2.08. The Morgan fingerprint density at radius 1 is 1.55 bits per heavy atom. The number of aryl methyl sites for hydroxylation is 1. The molecule has 0 saturated carbocycles. The lowest BCUT2D eigenvalue weighted by molar-refractivity contribution is 0.181. The largest absolute Gasteiger partial charge is 0.397 e. The quantitative estimate of drug-likeness (QED) is 0.672.